The Bertz CT molecular complexity index is 840. The second kappa shape index (κ2) is 8.81. The average Bonchev–Trinajstić information content (AvgIpc) is 2.69. The maximum Gasteiger partial charge on any atom is 0.233 e. The molecule has 1 saturated heterocycles. The molecule has 0 unspecified atom stereocenters. The normalized spacial score (nSPS) is 18.6. The summed E-state index contributed by atoms with van der Waals surface area (Å²) in [5.41, 5.74) is 1.65. The van der Waals surface area contributed by atoms with Crippen molar-refractivity contribution in [1.29, 1.82) is 0 Å². The van der Waals surface area contributed by atoms with Crippen LogP contribution in [-0.4, -0.2) is 40.7 Å². The Labute approximate surface area is 161 Å². The zero-order chi connectivity index (χ0) is 19.2. The number of carbonyl (C=O) groups is 2. The summed E-state index contributed by atoms with van der Waals surface area (Å²) >= 11 is 1.26. The van der Waals surface area contributed by atoms with Crippen LogP contribution >= 0.6 is 11.8 Å². The number of hydrogen-bond donors (Lipinski definition) is 1. The molecule has 0 bridgehead atoms. The number of thioether (sulfide) groups is 1. The van der Waals surface area contributed by atoms with Crippen LogP contribution in [0.1, 0.15) is 12.0 Å². The van der Waals surface area contributed by atoms with Crippen molar-refractivity contribution < 1.29 is 14.0 Å². The van der Waals surface area contributed by atoms with E-state index in [2.05, 4.69) is 10.3 Å². The lowest BCUT2D eigenvalue weighted by atomic mass is 10.1. The van der Waals surface area contributed by atoms with Gasteiger partial charge >= 0.3 is 0 Å². The summed E-state index contributed by atoms with van der Waals surface area (Å²) in [6, 6.07) is 15.6. The Morgan fingerprint density at radius 2 is 1.93 bits per heavy atom. The number of benzene rings is 2. The van der Waals surface area contributed by atoms with Crippen molar-refractivity contribution in [1.82, 2.24) is 10.2 Å². The van der Waals surface area contributed by atoms with Crippen LogP contribution in [0.25, 0.3) is 0 Å². The zero-order valence-corrected chi connectivity index (χ0v) is 15.7. The third-order valence-corrected chi connectivity index (χ3v) is 5.38. The van der Waals surface area contributed by atoms with E-state index in [0.29, 0.717) is 23.8 Å². The number of amidine groups is 1. The van der Waals surface area contributed by atoms with Crippen molar-refractivity contribution in [3.8, 4) is 0 Å². The molecule has 0 aromatic heterocycles. The molecule has 1 aliphatic rings. The van der Waals surface area contributed by atoms with Crippen LogP contribution in [0.4, 0.5) is 10.1 Å². The second-order valence-electron chi connectivity index (χ2n) is 6.08. The first-order chi connectivity index (χ1) is 13.1. The number of rotatable bonds is 5. The molecule has 140 valence electrons. The van der Waals surface area contributed by atoms with Gasteiger partial charge in [0.2, 0.25) is 11.8 Å². The van der Waals surface area contributed by atoms with Crippen molar-refractivity contribution in [2.75, 3.05) is 13.6 Å². The van der Waals surface area contributed by atoms with Crippen LogP contribution < -0.4 is 5.32 Å². The van der Waals surface area contributed by atoms with E-state index in [1.807, 2.05) is 30.3 Å². The SMILES string of the molecule is CNC(=O)[C@@H]1CC(=O)N(CCc2ccccc2)C(=Nc2ccc(F)cc2)S1. The van der Waals surface area contributed by atoms with Gasteiger partial charge in [0.05, 0.1) is 10.9 Å². The van der Waals surface area contributed by atoms with Gasteiger partial charge in [-0.1, -0.05) is 42.1 Å². The minimum atomic E-state index is -0.519. The first-order valence-corrected chi connectivity index (χ1v) is 9.51. The lowest BCUT2D eigenvalue weighted by molar-refractivity contribution is -0.130. The molecule has 7 heteroatoms. The van der Waals surface area contributed by atoms with Gasteiger partial charge in [-0.25, -0.2) is 9.38 Å². The Kier molecular flexibility index (Phi) is 6.24. The Morgan fingerprint density at radius 1 is 1.22 bits per heavy atom. The van der Waals surface area contributed by atoms with Crippen LogP contribution in [0.15, 0.2) is 59.6 Å². The lowest BCUT2D eigenvalue weighted by Gasteiger charge is -2.31. The van der Waals surface area contributed by atoms with E-state index >= 15 is 0 Å². The van der Waals surface area contributed by atoms with Gasteiger partial charge in [-0.3, -0.25) is 14.5 Å². The molecule has 1 heterocycles. The second-order valence-corrected chi connectivity index (χ2v) is 7.25. The van der Waals surface area contributed by atoms with Crippen molar-refractivity contribution in [3.05, 3.63) is 66.0 Å². The van der Waals surface area contributed by atoms with Gasteiger partial charge in [-0.2, -0.15) is 0 Å². The topological polar surface area (TPSA) is 61.8 Å². The van der Waals surface area contributed by atoms with E-state index in [4.69, 9.17) is 0 Å². The molecule has 0 saturated carbocycles. The maximum atomic E-state index is 13.2. The minimum absolute atomic E-state index is 0.127. The Balaban J connectivity index is 1.84. The molecule has 0 radical (unpaired) electrons. The first kappa shape index (κ1) is 19.1. The summed E-state index contributed by atoms with van der Waals surface area (Å²) in [5.74, 6) is -0.697. The average molecular weight is 385 g/mol. The standard InChI is InChI=1S/C20H20FN3O2S/c1-22-19(26)17-13-18(25)24(12-11-14-5-3-2-4-6-14)20(27-17)23-16-9-7-15(21)8-10-16/h2-10,17H,11-13H2,1H3,(H,22,26)/t17-/m0/s1. The fourth-order valence-electron chi connectivity index (χ4n) is 2.73. The third kappa shape index (κ3) is 4.95. The van der Waals surface area contributed by atoms with E-state index in [0.717, 1.165) is 5.56 Å². The van der Waals surface area contributed by atoms with E-state index in [1.54, 1.807) is 24.1 Å². The van der Waals surface area contributed by atoms with Crippen LogP contribution in [-0.2, 0) is 16.0 Å². The predicted molar refractivity (Wildman–Crippen MR) is 105 cm³/mol. The molecule has 3 rings (SSSR count). The van der Waals surface area contributed by atoms with Crippen LogP contribution in [0.5, 0.6) is 0 Å². The number of hydrogen-bond acceptors (Lipinski definition) is 4. The van der Waals surface area contributed by atoms with E-state index in [9.17, 15) is 14.0 Å². The highest BCUT2D eigenvalue weighted by Crippen LogP contribution is 2.29. The first-order valence-electron chi connectivity index (χ1n) is 8.63. The molecule has 0 aliphatic carbocycles. The maximum absolute atomic E-state index is 13.2. The van der Waals surface area contributed by atoms with Crippen LogP contribution in [0.3, 0.4) is 0 Å². The molecule has 27 heavy (non-hydrogen) atoms. The number of aliphatic imine (C=N–C) groups is 1. The summed E-state index contributed by atoms with van der Waals surface area (Å²) in [6.07, 6.45) is 0.807. The van der Waals surface area contributed by atoms with E-state index in [1.165, 1.54) is 23.9 Å². The molecular weight excluding hydrogens is 365 g/mol. The number of nitrogens with zero attached hydrogens (tertiary/aromatic N) is 2. The monoisotopic (exact) mass is 385 g/mol. The van der Waals surface area contributed by atoms with Gasteiger partial charge in [0.15, 0.2) is 5.17 Å². The molecule has 0 spiro atoms. The molecule has 1 aliphatic heterocycles. The van der Waals surface area contributed by atoms with Crippen LogP contribution in [0.2, 0.25) is 0 Å². The van der Waals surface area contributed by atoms with Gasteiger partial charge in [-0.15, -0.1) is 0 Å². The third-order valence-electron chi connectivity index (χ3n) is 4.20. The molecule has 1 N–H and O–H groups in total. The molecule has 1 fully saturated rings. The largest absolute Gasteiger partial charge is 0.358 e. The fourth-order valence-corrected chi connectivity index (χ4v) is 3.92. The number of amides is 2. The van der Waals surface area contributed by atoms with Gasteiger partial charge in [0.1, 0.15) is 5.82 Å². The zero-order valence-electron chi connectivity index (χ0n) is 14.9. The summed E-state index contributed by atoms with van der Waals surface area (Å²) < 4.78 is 13.2. The van der Waals surface area contributed by atoms with E-state index < -0.39 is 5.25 Å². The molecule has 1 atom stereocenters. The predicted octanol–water partition coefficient (Wildman–Crippen LogP) is 3.14. The van der Waals surface area contributed by atoms with Crippen LogP contribution in [0, 0.1) is 5.82 Å². The highest BCUT2D eigenvalue weighted by molar-refractivity contribution is 8.15. The Morgan fingerprint density at radius 3 is 2.59 bits per heavy atom. The summed E-state index contributed by atoms with van der Waals surface area (Å²) in [5, 5.41) is 2.53. The molecule has 2 amide bonds. The number of halogens is 1. The van der Waals surface area contributed by atoms with Crippen molar-refractivity contribution >= 4 is 34.4 Å². The van der Waals surface area contributed by atoms with Crippen molar-refractivity contribution in [2.24, 2.45) is 4.99 Å². The number of nitrogens with one attached hydrogen (secondary N) is 1. The lowest BCUT2D eigenvalue weighted by Crippen LogP contribution is -2.46. The highest BCUT2D eigenvalue weighted by Gasteiger charge is 2.35. The van der Waals surface area contributed by atoms with Crippen molar-refractivity contribution in [3.63, 3.8) is 0 Å². The summed E-state index contributed by atoms with van der Waals surface area (Å²) in [4.78, 5) is 30.8. The molecule has 5 nitrogen and oxygen atoms in total. The Hall–Kier alpha value is -2.67. The fraction of sp³-hybridized carbons (Fsp3) is 0.250. The smallest absolute Gasteiger partial charge is 0.233 e. The summed E-state index contributed by atoms with van der Waals surface area (Å²) in [6.45, 7) is 0.469. The van der Waals surface area contributed by atoms with E-state index in [-0.39, 0.29) is 24.1 Å². The molecule has 2 aromatic rings. The quantitative estimate of drug-likeness (QED) is 0.860. The summed E-state index contributed by atoms with van der Waals surface area (Å²) in [7, 11) is 1.55. The van der Waals surface area contributed by atoms with Crippen molar-refractivity contribution in [2.45, 2.75) is 18.1 Å². The van der Waals surface area contributed by atoms with Gasteiger partial charge in [0, 0.05) is 20.0 Å². The van der Waals surface area contributed by atoms with Gasteiger partial charge in [-0.05, 0) is 36.2 Å². The number of carbonyl (C=O) groups excluding carboxylic acids is 2. The molecular formula is C20H20FN3O2S. The minimum Gasteiger partial charge on any atom is -0.358 e. The highest BCUT2D eigenvalue weighted by atomic mass is 32.2. The van der Waals surface area contributed by atoms with Gasteiger partial charge < -0.3 is 5.32 Å². The molecule has 2 aromatic carbocycles. The van der Waals surface area contributed by atoms with Gasteiger partial charge in [0.25, 0.3) is 0 Å².